The highest BCUT2D eigenvalue weighted by molar-refractivity contribution is 7.91. The van der Waals surface area contributed by atoms with Gasteiger partial charge in [0.05, 0.1) is 12.1 Å². The number of hydrogen-bond acceptors (Lipinski definition) is 7. The Morgan fingerprint density at radius 2 is 1.76 bits per heavy atom. The minimum Gasteiger partial charge on any atom is -0.427 e. The van der Waals surface area contributed by atoms with Crippen molar-refractivity contribution in [1.82, 2.24) is 4.31 Å². The second kappa shape index (κ2) is 9.88. The van der Waals surface area contributed by atoms with Crippen molar-refractivity contribution < 1.29 is 27.5 Å². The van der Waals surface area contributed by atoms with Gasteiger partial charge in [-0.2, -0.15) is 4.31 Å². The molecule has 4 rings (SSSR count). The number of nitrogens with zero attached hydrogens (tertiary/aromatic N) is 2. The van der Waals surface area contributed by atoms with Crippen LogP contribution in [0.4, 0.5) is 5.69 Å². The van der Waals surface area contributed by atoms with Crippen LogP contribution in [0.1, 0.15) is 18.9 Å². The van der Waals surface area contributed by atoms with Gasteiger partial charge in [-0.25, -0.2) is 13.3 Å². The number of imide groups is 1. The molecular formula is C24H22N2O6S2. The first-order valence-corrected chi connectivity index (χ1v) is 12.8. The Bertz CT molecular complexity index is 1290. The second-order valence-electron chi connectivity index (χ2n) is 7.66. The average molecular weight is 499 g/mol. The lowest BCUT2D eigenvalue weighted by molar-refractivity contribution is -0.132. The third-order valence-corrected chi connectivity index (χ3v) is 8.63. The molecule has 1 atom stereocenters. The predicted molar refractivity (Wildman–Crippen MR) is 127 cm³/mol. The van der Waals surface area contributed by atoms with Gasteiger partial charge < -0.3 is 4.74 Å². The first kappa shape index (κ1) is 23.8. The number of benzene rings is 2. The van der Waals surface area contributed by atoms with Crippen LogP contribution in [0.15, 0.2) is 76.3 Å². The van der Waals surface area contributed by atoms with Gasteiger partial charge in [0.1, 0.15) is 16.0 Å². The van der Waals surface area contributed by atoms with Gasteiger partial charge in [-0.05, 0) is 47.7 Å². The number of ether oxygens (including phenoxy) is 1. The molecule has 0 aliphatic carbocycles. The first-order valence-electron chi connectivity index (χ1n) is 10.5. The molecule has 1 fully saturated rings. The number of thiophene rings is 1. The highest BCUT2D eigenvalue weighted by Crippen LogP contribution is 2.31. The van der Waals surface area contributed by atoms with Crippen LogP contribution in [0.5, 0.6) is 5.75 Å². The van der Waals surface area contributed by atoms with Crippen LogP contribution < -0.4 is 9.64 Å². The molecule has 1 aliphatic rings. The normalized spacial score (nSPS) is 16.3. The van der Waals surface area contributed by atoms with Crippen LogP contribution in [-0.4, -0.2) is 43.1 Å². The predicted octanol–water partition coefficient (Wildman–Crippen LogP) is 3.24. The van der Waals surface area contributed by atoms with Gasteiger partial charge in [0.25, 0.3) is 15.9 Å². The standard InChI is InChI=1S/C24H22N2O6S2/c1-17(27)32-20-11-9-19(10-12-20)26-22(28)16-21(24(26)29)25(14-13-18-6-3-2-4-7-18)34(30,31)23-8-5-15-33-23/h2-12,15,21H,13-14,16H2,1H3. The molecular weight excluding hydrogens is 476 g/mol. The molecule has 3 aromatic rings. The van der Waals surface area contributed by atoms with Gasteiger partial charge in [0.2, 0.25) is 5.91 Å². The number of carbonyl (C=O) groups is 3. The van der Waals surface area contributed by atoms with E-state index in [9.17, 15) is 22.8 Å². The topological polar surface area (TPSA) is 101 Å². The summed E-state index contributed by atoms with van der Waals surface area (Å²) >= 11 is 1.06. The number of rotatable bonds is 8. The number of anilines is 1. The Hall–Kier alpha value is -3.34. The zero-order valence-corrected chi connectivity index (χ0v) is 19.9. The summed E-state index contributed by atoms with van der Waals surface area (Å²) in [5.41, 5.74) is 1.20. The number of esters is 1. The fraction of sp³-hybridized carbons (Fsp3) is 0.208. The summed E-state index contributed by atoms with van der Waals surface area (Å²) in [5, 5.41) is 1.65. The molecule has 176 valence electrons. The van der Waals surface area contributed by atoms with Crippen LogP contribution in [0.25, 0.3) is 0 Å². The molecule has 0 N–H and O–H groups in total. The summed E-state index contributed by atoms with van der Waals surface area (Å²) in [6.45, 7) is 1.32. The van der Waals surface area contributed by atoms with Crippen molar-refractivity contribution in [2.24, 2.45) is 0 Å². The van der Waals surface area contributed by atoms with Gasteiger partial charge >= 0.3 is 5.97 Å². The first-order chi connectivity index (χ1) is 16.3. The number of carbonyl (C=O) groups excluding carboxylic acids is 3. The van der Waals surface area contributed by atoms with E-state index < -0.39 is 33.8 Å². The summed E-state index contributed by atoms with van der Waals surface area (Å²) in [6, 6.07) is 17.2. The van der Waals surface area contributed by atoms with E-state index in [1.807, 2.05) is 30.3 Å². The largest absolute Gasteiger partial charge is 0.427 e. The van der Waals surface area contributed by atoms with Crippen molar-refractivity contribution in [2.45, 2.75) is 30.0 Å². The molecule has 1 unspecified atom stereocenters. The van der Waals surface area contributed by atoms with E-state index in [0.717, 1.165) is 26.1 Å². The molecule has 0 saturated carbocycles. The summed E-state index contributed by atoms with van der Waals surface area (Å²) in [5.74, 6) is -1.33. The number of hydrogen-bond donors (Lipinski definition) is 0. The maximum Gasteiger partial charge on any atom is 0.308 e. The number of amides is 2. The Balaban J connectivity index is 1.63. The molecule has 34 heavy (non-hydrogen) atoms. The van der Waals surface area contributed by atoms with E-state index in [0.29, 0.717) is 6.42 Å². The highest BCUT2D eigenvalue weighted by Gasteiger charge is 2.47. The lowest BCUT2D eigenvalue weighted by Crippen LogP contribution is -2.46. The lowest BCUT2D eigenvalue weighted by atomic mass is 10.1. The molecule has 2 aromatic carbocycles. The minimum atomic E-state index is -4.00. The molecule has 10 heteroatoms. The second-order valence-corrected chi connectivity index (χ2v) is 10.7. The van der Waals surface area contributed by atoms with Gasteiger partial charge in [-0.3, -0.25) is 14.4 Å². The molecule has 1 saturated heterocycles. The lowest BCUT2D eigenvalue weighted by Gasteiger charge is -2.26. The molecule has 1 aliphatic heterocycles. The molecule has 0 radical (unpaired) electrons. The van der Waals surface area contributed by atoms with Crippen LogP contribution >= 0.6 is 11.3 Å². The fourth-order valence-corrected chi connectivity index (χ4v) is 6.50. The van der Waals surface area contributed by atoms with Crippen molar-refractivity contribution >= 4 is 44.8 Å². The van der Waals surface area contributed by atoms with E-state index >= 15 is 0 Å². The van der Waals surface area contributed by atoms with Crippen LogP contribution in [0.3, 0.4) is 0 Å². The summed E-state index contributed by atoms with van der Waals surface area (Å²) in [7, 11) is -4.00. The third kappa shape index (κ3) is 4.93. The third-order valence-electron chi connectivity index (χ3n) is 5.35. The van der Waals surface area contributed by atoms with Crippen LogP contribution in [-0.2, 0) is 30.8 Å². The maximum absolute atomic E-state index is 13.5. The van der Waals surface area contributed by atoms with Crippen molar-refractivity contribution in [2.75, 3.05) is 11.4 Å². The van der Waals surface area contributed by atoms with Crippen molar-refractivity contribution in [3.8, 4) is 5.75 Å². The van der Waals surface area contributed by atoms with Crippen molar-refractivity contribution in [3.63, 3.8) is 0 Å². The monoisotopic (exact) mass is 498 g/mol. The smallest absolute Gasteiger partial charge is 0.308 e. The van der Waals surface area contributed by atoms with Gasteiger partial charge in [-0.15, -0.1) is 11.3 Å². The average Bonchev–Trinajstić information content (AvgIpc) is 3.44. The number of sulfonamides is 1. The van der Waals surface area contributed by atoms with Crippen molar-refractivity contribution in [1.29, 1.82) is 0 Å². The van der Waals surface area contributed by atoms with Gasteiger partial charge in [0, 0.05) is 13.5 Å². The van der Waals surface area contributed by atoms with E-state index in [-0.39, 0.29) is 28.6 Å². The van der Waals surface area contributed by atoms with E-state index in [1.165, 1.54) is 37.3 Å². The summed E-state index contributed by atoms with van der Waals surface area (Å²) < 4.78 is 33.1. The molecule has 2 heterocycles. The summed E-state index contributed by atoms with van der Waals surface area (Å²) in [4.78, 5) is 38.3. The Morgan fingerprint density at radius 3 is 2.38 bits per heavy atom. The Morgan fingerprint density at radius 1 is 1.06 bits per heavy atom. The fourth-order valence-electron chi connectivity index (χ4n) is 3.79. The quantitative estimate of drug-likeness (QED) is 0.269. The van der Waals surface area contributed by atoms with Gasteiger partial charge in [0.15, 0.2) is 0 Å². The molecule has 0 bridgehead atoms. The van der Waals surface area contributed by atoms with Crippen LogP contribution in [0.2, 0.25) is 0 Å². The Kier molecular flexibility index (Phi) is 6.92. The molecule has 8 nitrogen and oxygen atoms in total. The van der Waals surface area contributed by atoms with Crippen molar-refractivity contribution in [3.05, 3.63) is 77.7 Å². The SMILES string of the molecule is CC(=O)Oc1ccc(N2C(=O)CC(N(CCc3ccccc3)S(=O)(=O)c3cccs3)C2=O)cc1. The highest BCUT2D eigenvalue weighted by atomic mass is 32.2. The molecule has 1 aromatic heterocycles. The zero-order valence-electron chi connectivity index (χ0n) is 18.3. The minimum absolute atomic E-state index is 0.0488. The van der Waals surface area contributed by atoms with Gasteiger partial charge in [-0.1, -0.05) is 36.4 Å². The van der Waals surface area contributed by atoms with Crippen LogP contribution in [0, 0.1) is 0 Å². The molecule has 2 amide bonds. The summed E-state index contributed by atoms with van der Waals surface area (Å²) in [6.07, 6.45) is 0.129. The van der Waals surface area contributed by atoms with E-state index in [2.05, 4.69) is 0 Å². The zero-order chi connectivity index (χ0) is 24.3. The molecule has 0 spiro atoms. The van der Waals surface area contributed by atoms with E-state index in [4.69, 9.17) is 4.74 Å². The Labute approximate surface area is 201 Å². The van der Waals surface area contributed by atoms with E-state index in [1.54, 1.807) is 11.4 Å². The maximum atomic E-state index is 13.5.